The van der Waals surface area contributed by atoms with Crippen LogP contribution < -0.4 is 16.4 Å². The number of hydrogen-bond donors (Lipinski definition) is 0. The van der Waals surface area contributed by atoms with Gasteiger partial charge in [0.2, 0.25) is 6.71 Å². The highest BCUT2D eigenvalue weighted by atomic mass is 14.5. The molecule has 0 bridgehead atoms. The second-order valence-electron chi connectivity index (χ2n) is 15.2. The van der Waals surface area contributed by atoms with Crippen LogP contribution in [0.2, 0.25) is 0 Å². The van der Waals surface area contributed by atoms with E-state index in [0.717, 1.165) is 0 Å². The van der Waals surface area contributed by atoms with Crippen molar-refractivity contribution >= 4 is 23.1 Å². The van der Waals surface area contributed by atoms with Gasteiger partial charge in [-0.05, 0) is 90.1 Å². The zero-order valence-electron chi connectivity index (χ0n) is 29.0. The highest BCUT2D eigenvalue weighted by Gasteiger charge is 2.51. The van der Waals surface area contributed by atoms with Gasteiger partial charge in [-0.2, -0.15) is 0 Å². The van der Waals surface area contributed by atoms with Gasteiger partial charge in [0.05, 0.1) is 5.41 Å². The first kappa shape index (κ1) is 29.8. The first-order chi connectivity index (χ1) is 22.5. The van der Waals surface area contributed by atoms with Crippen LogP contribution in [0.15, 0.2) is 115 Å². The molecule has 1 spiro atoms. The summed E-state index contributed by atoms with van der Waals surface area (Å²) in [6.07, 6.45) is 0. The first-order valence-corrected chi connectivity index (χ1v) is 17.1. The van der Waals surface area contributed by atoms with Gasteiger partial charge in [-0.25, -0.2) is 0 Å². The van der Waals surface area contributed by atoms with Crippen LogP contribution in [0.25, 0.3) is 22.3 Å². The zero-order valence-corrected chi connectivity index (χ0v) is 29.0. The lowest BCUT2D eigenvalue weighted by Gasteiger charge is -2.31. The molecule has 0 aliphatic heterocycles. The molecule has 0 unspecified atom stereocenters. The molecule has 0 radical (unpaired) electrons. The Balaban J connectivity index is 1.44. The summed E-state index contributed by atoms with van der Waals surface area (Å²) in [6, 6.07) is 44.4. The molecule has 1 heteroatoms. The highest BCUT2D eigenvalue weighted by molar-refractivity contribution is 6.96. The van der Waals surface area contributed by atoms with Gasteiger partial charge in [-0.1, -0.05) is 180 Å². The zero-order chi connectivity index (χ0) is 32.8. The lowest BCUT2D eigenvalue weighted by molar-refractivity contribution is 0.589. The topological polar surface area (TPSA) is 0 Å². The normalized spacial score (nSPS) is 13.7. The Morgan fingerprint density at radius 3 is 1.45 bits per heavy atom. The van der Waals surface area contributed by atoms with E-state index in [1.165, 1.54) is 94.3 Å². The van der Waals surface area contributed by atoms with Crippen molar-refractivity contribution in [3.63, 3.8) is 0 Å². The molecule has 0 amide bonds. The Labute approximate surface area is 281 Å². The smallest absolute Gasteiger partial charge is 0.0664 e. The lowest BCUT2D eigenvalue weighted by Crippen LogP contribution is -2.56. The summed E-state index contributed by atoms with van der Waals surface area (Å²) in [6.45, 7) is 18.6. The SMILES string of the molecule is Cc1ccc(B(c2cc3c(cc2C)C2(c4ccccc4-c4ccccc42)c2ccccc2-3)c2c(C)cc(C(C)(C)C)cc2C)c(C)c1. The minimum Gasteiger partial charge on any atom is -0.0664 e. The third kappa shape index (κ3) is 4.22. The van der Waals surface area contributed by atoms with E-state index in [1.54, 1.807) is 0 Å². The largest absolute Gasteiger partial charge is 0.242 e. The van der Waals surface area contributed by atoms with Crippen LogP contribution in [0, 0.1) is 34.6 Å². The minimum absolute atomic E-state index is 0.0959. The van der Waals surface area contributed by atoms with E-state index in [-0.39, 0.29) is 17.5 Å². The van der Waals surface area contributed by atoms with Crippen molar-refractivity contribution in [3.05, 3.63) is 171 Å². The number of hydrogen-bond acceptors (Lipinski definition) is 0. The van der Waals surface area contributed by atoms with Gasteiger partial charge in [-0.3, -0.25) is 0 Å². The van der Waals surface area contributed by atoms with E-state index >= 15 is 0 Å². The molecule has 6 aromatic carbocycles. The Bertz CT molecular complexity index is 2170. The predicted molar refractivity (Wildman–Crippen MR) is 203 cm³/mol. The second-order valence-corrected chi connectivity index (χ2v) is 15.2. The molecular weight excluding hydrogens is 563 g/mol. The third-order valence-electron chi connectivity index (χ3n) is 11.2. The maximum absolute atomic E-state index is 2.57. The summed E-state index contributed by atoms with van der Waals surface area (Å²) in [5.74, 6) is 0. The second kappa shape index (κ2) is 10.4. The van der Waals surface area contributed by atoms with Gasteiger partial charge >= 0.3 is 0 Å². The molecule has 0 aromatic heterocycles. The molecule has 0 N–H and O–H groups in total. The van der Waals surface area contributed by atoms with E-state index in [4.69, 9.17) is 0 Å². The lowest BCUT2D eigenvalue weighted by atomic mass is 9.34. The van der Waals surface area contributed by atoms with Gasteiger partial charge in [0.1, 0.15) is 0 Å². The molecule has 0 nitrogen and oxygen atoms in total. The van der Waals surface area contributed by atoms with E-state index in [0.29, 0.717) is 0 Å². The summed E-state index contributed by atoms with van der Waals surface area (Å²) < 4.78 is 0. The number of aryl methyl sites for hydroxylation is 5. The Morgan fingerprint density at radius 2 is 0.936 bits per heavy atom. The molecule has 6 aromatic rings. The van der Waals surface area contributed by atoms with Crippen LogP contribution in [0.4, 0.5) is 0 Å². The van der Waals surface area contributed by atoms with Crippen molar-refractivity contribution in [2.24, 2.45) is 0 Å². The molecule has 0 fully saturated rings. The molecule has 2 aliphatic rings. The maximum Gasteiger partial charge on any atom is 0.242 e. The van der Waals surface area contributed by atoms with E-state index in [9.17, 15) is 0 Å². The van der Waals surface area contributed by atoms with Crippen molar-refractivity contribution in [1.29, 1.82) is 0 Å². The molecule has 8 rings (SSSR count). The summed E-state index contributed by atoms with van der Waals surface area (Å²) >= 11 is 0. The Kier molecular flexibility index (Phi) is 6.62. The fourth-order valence-electron chi connectivity index (χ4n) is 9.07. The van der Waals surface area contributed by atoms with Crippen LogP contribution in [-0.2, 0) is 10.8 Å². The Hall–Kier alpha value is -4.62. The highest BCUT2D eigenvalue weighted by Crippen LogP contribution is 2.62. The summed E-state index contributed by atoms with van der Waals surface area (Å²) in [4.78, 5) is 0. The van der Waals surface area contributed by atoms with Crippen LogP contribution in [-0.4, -0.2) is 6.71 Å². The predicted octanol–water partition coefficient (Wildman–Crippen LogP) is 9.39. The third-order valence-corrected chi connectivity index (χ3v) is 11.2. The molecule has 2 aliphatic carbocycles. The minimum atomic E-state index is -0.322. The maximum atomic E-state index is 2.57. The molecule has 0 saturated carbocycles. The summed E-state index contributed by atoms with van der Waals surface area (Å²) in [5.41, 5.74) is 23.2. The molecule has 47 heavy (non-hydrogen) atoms. The molecular formula is C46H43B. The van der Waals surface area contributed by atoms with Crippen LogP contribution in [0.3, 0.4) is 0 Å². The summed E-state index contributed by atoms with van der Waals surface area (Å²) in [5, 5.41) is 0. The number of rotatable bonds is 3. The molecule has 0 saturated heterocycles. The molecule has 0 heterocycles. The number of benzene rings is 6. The standard InChI is InChI=1S/C46H43B/c1-28-21-22-42(29(2)23-28)47(44-31(4)24-33(25-32(44)5)45(6,7)8)43-27-37-36-17-11-14-20-40(36)46(41(37)26-30(43)3)38-18-12-9-15-34(38)35-16-10-13-19-39(35)46/h9-27H,1-8H3. The van der Waals surface area contributed by atoms with E-state index < -0.39 is 0 Å². The van der Waals surface area contributed by atoms with Crippen LogP contribution >= 0.6 is 0 Å². The first-order valence-electron chi connectivity index (χ1n) is 17.1. The van der Waals surface area contributed by atoms with E-state index in [1.807, 2.05) is 0 Å². The van der Waals surface area contributed by atoms with Crippen molar-refractivity contribution in [3.8, 4) is 22.3 Å². The van der Waals surface area contributed by atoms with Crippen molar-refractivity contribution in [1.82, 2.24) is 0 Å². The fraction of sp³-hybridized carbons (Fsp3) is 0.217. The quantitative estimate of drug-likeness (QED) is 0.176. The average Bonchev–Trinajstić information content (AvgIpc) is 3.49. The average molecular weight is 607 g/mol. The van der Waals surface area contributed by atoms with Gasteiger partial charge in [0.15, 0.2) is 0 Å². The van der Waals surface area contributed by atoms with Crippen LogP contribution in [0.1, 0.15) is 76.4 Å². The van der Waals surface area contributed by atoms with E-state index in [2.05, 4.69) is 171 Å². The molecule has 230 valence electrons. The van der Waals surface area contributed by atoms with Gasteiger partial charge < -0.3 is 0 Å². The van der Waals surface area contributed by atoms with Crippen molar-refractivity contribution < 1.29 is 0 Å². The Morgan fingerprint density at radius 1 is 0.447 bits per heavy atom. The number of fused-ring (bicyclic) bond motifs is 10. The van der Waals surface area contributed by atoms with Gasteiger partial charge in [0, 0.05) is 0 Å². The van der Waals surface area contributed by atoms with Gasteiger partial charge in [-0.15, -0.1) is 0 Å². The van der Waals surface area contributed by atoms with Crippen molar-refractivity contribution in [2.75, 3.05) is 0 Å². The van der Waals surface area contributed by atoms with Gasteiger partial charge in [0.25, 0.3) is 0 Å². The van der Waals surface area contributed by atoms with Crippen molar-refractivity contribution in [2.45, 2.75) is 66.2 Å². The monoisotopic (exact) mass is 606 g/mol. The summed E-state index contributed by atoms with van der Waals surface area (Å²) in [7, 11) is 0. The van der Waals surface area contributed by atoms with Crippen LogP contribution in [0.5, 0.6) is 0 Å². The fourth-order valence-corrected chi connectivity index (χ4v) is 9.07. The molecule has 0 atom stereocenters.